The summed E-state index contributed by atoms with van der Waals surface area (Å²) in [6.07, 6.45) is 0. The minimum atomic E-state index is -3.54. The minimum Gasteiger partial charge on any atom is -0.325 e. The Balaban J connectivity index is 3.13. The van der Waals surface area contributed by atoms with Gasteiger partial charge in [0.25, 0.3) is 0 Å². The molecule has 7 heteroatoms. The SMILES string of the molecule is CNS(=O)(=O)c1cc(NC(=O)C(C)Cl)ccc1C. The number of alkyl halides is 1. The number of amides is 1. The fourth-order valence-electron chi connectivity index (χ4n) is 1.32. The van der Waals surface area contributed by atoms with E-state index in [1.165, 1.54) is 20.0 Å². The monoisotopic (exact) mass is 290 g/mol. The third-order valence-corrected chi connectivity index (χ3v) is 4.13. The number of hydrogen-bond donors (Lipinski definition) is 2. The molecule has 18 heavy (non-hydrogen) atoms. The Hall–Kier alpha value is -1.11. The zero-order valence-corrected chi connectivity index (χ0v) is 11.9. The van der Waals surface area contributed by atoms with E-state index in [9.17, 15) is 13.2 Å². The number of hydrogen-bond acceptors (Lipinski definition) is 3. The third-order valence-electron chi connectivity index (χ3n) is 2.38. The van der Waals surface area contributed by atoms with Crippen LogP contribution in [0.25, 0.3) is 0 Å². The highest BCUT2D eigenvalue weighted by molar-refractivity contribution is 7.89. The van der Waals surface area contributed by atoms with E-state index >= 15 is 0 Å². The molecule has 1 rings (SSSR count). The second-order valence-electron chi connectivity index (χ2n) is 3.79. The largest absolute Gasteiger partial charge is 0.325 e. The van der Waals surface area contributed by atoms with Gasteiger partial charge in [0.05, 0.1) is 4.90 Å². The lowest BCUT2D eigenvalue weighted by Crippen LogP contribution is -2.22. The first-order chi connectivity index (χ1) is 8.27. The van der Waals surface area contributed by atoms with Crippen LogP contribution in [0.4, 0.5) is 5.69 Å². The minimum absolute atomic E-state index is 0.130. The van der Waals surface area contributed by atoms with Crippen LogP contribution in [-0.4, -0.2) is 26.7 Å². The zero-order valence-electron chi connectivity index (χ0n) is 10.3. The topological polar surface area (TPSA) is 75.3 Å². The molecule has 0 aromatic heterocycles. The number of nitrogens with one attached hydrogen (secondary N) is 2. The first kappa shape index (κ1) is 14.9. The van der Waals surface area contributed by atoms with Gasteiger partial charge in [-0.15, -0.1) is 11.6 Å². The Morgan fingerprint density at radius 3 is 2.50 bits per heavy atom. The van der Waals surface area contributed by atoms with Gasteiger partial charge in [0.15, 0.2) is 0 Å². The van der Waals surface area contributed by atoms with Gasteiger partial charge in [0.1, 0.15) is 5.38 Å². The van der Waals surface area contributed by atoms with E-state index in [1.54, 1.807) is 19.1 Å². The molecular weight excluding hydrogens is 276 g/mol. The van der Waals surface area contributed by atoms with Gasteiger partial charge >= 0.3 is 0 Å². The van der Waals surface area contributed by atoms with Gasteiger partial charge in [0.2, 0.25) is 15.9 Å². The second-order valence-corrected chi connectivity index (χ2v) is 6.30. The third kappa shape index (κ3) is 3.44. The molecular formula is C11H15ClN2O3S. The molecule has 0 aliphatic heterocycles. The van der Waals surface area contributed by atoms with Crippen LogP contribution in [0.3, 0.4) is 0 Å². The molecule has 0 aliphatic rings. The molecule has 1 atom stereocenters. The fourth-order valence-corrected chi connectivity index (χ4v) is 2.37. The Kier molecular flexibility index (Phi) is 4.72. The van der Waals surface area contributed by atoms with Gasteiger partial charge in [-0.1, -0.05) is 6.07 Å². The smallest absolute Gasteiger partial charge is 0.242 e. The normalized spacial score (nSPS) is 13.1. The maximum atomic E-state index is 11.7. The van der Waals surface area contributed by atoms with E-state index < -0.39 is 15.4 Å². The Morgan fingerprint density at radius 1 is 1.39 bits per heavy atom. The number of benzene rings is 1. The predicted octanol–water partition coefficient (Wildman–Crippen LogP) is 1.47. The first-order valence-corrected chi connectivity index (χ1v) is 7.19. The molecule has 0 saturated heterocycles. The number of rotatable bonds is 4. The number of anilines is 1. The van der Waals surface area contributed by atoms with Crippen LogP contribution < -0.4 is 10.0 Å². The standard InChI is InChI=1S/C11H15ClN2O3S/c1-7-4-5-9(14-11(15)8(2)12)6-10(7)18(16,17)13-3/h4-6,8,13H,1-3H3,(H,14,15). The van der Waals surface area contributed by atoms with Gasteiger partial charge in [0, 0.05) is 5.69 Å². The van der Waals surface area contributed by atoms with Crippen molar-refractivity contribution in [3.63, 3.8) is 0 Å². The highest BCUT2D eigenvalue weighted by Crippen LogP contribution is 2.20. The Bertz CT molecular complexity index is 555. The van der Waals surface area contributed by atoms with Crippen LogP contribution in [-0.2, 0) is 14.8 Å². The molecule has 0 fully saturated rings. The van der Waals surface area contributed by atoms with E-state index in [2.05, 4.69) is 10.0 Å². The summed E-state index contributed by atoms with van der Waals surface area (Å²) in [5.74, 6) is -0.381. The first-order valence-electron chi connectivity index (χ1n) is 5.27. The van der Waals surface area contributed by atoms with Crippen molar-refractivity contribution in [3.8, 4) is 0 Å². The average molecular weight is 291 g/mol. The molecule has 1 unspecified atom stereocenters. The summed E-state index contributed by atoms with van der Waals surface area (Å²) in [6, 6.07) is 4.65. The van der Waals surface area contributed by atoms with Crippen molar-refractivity contribution < 1.29 is 13.2 Å². The number of sulfonamides is 1. The molecule has 0 heterocycles. The van der Waals surface area contributed by atoms with E-state index in [0.717, 1.165) is 0 Å². The summed E-state index contributed by atoms with van der Waals surface area (Å²) >= 11 is 5.62. The van der Waals surface area contributed by atoms with E-state index in [0.29, 0.717) is 11.3 Å². The molecule has 2 N–H and O–H groups in total. The summed E-state index contributed by atoms with van der Waals surface area (Å²) < 4.78 is 25.7. The van der Waals surface area contributed by atoms with E-state index in [1.807, 2.05) is 0 Å². The number of aryl methyl sites for hydroxylation is 1. The summed E-state index contributed by atoms with van der Waals surface area (Å²) in [5.41, 5.74) is 0.994. The zero-order chi connectivity index (χ0) is 13.9. The van der Waals surface area contributed by atoms with E-state index in [-0.39, 0.29) is 10.8 Å². The van der Waals surface area contributed by atoms with Gasteiger partial charge in [-0.25, -0.2) is 13.1 Å². The van der Waals surface area contributed by atoms with Crippen LogP contribution in [0.5, 0.6) is 0 Å². The summed E-state index contributed by atoms with van der Waals surface area (Å²) in [7, 11) is -2.21. The van der Waals surface area contributed by atoms with Crippen molar-refractivity contribution >= 4 is 33.2 Å². The summed E-state index contributed by atoms with van der Waals surface area (Å²) in [5, 5.41) is 1.86. The molecule has 0 aliphatic carbocycles. The van der Waals surface area contributed by atoms with Gasteiger partial charge in [-0.3, -0.25) is 4.79 Å². The van der Waals surface area contributed by atoms with Gasteiger partial charge < -0.3 is 5.32 Å². The van der Waals surface area contributed by atoms with Crippen LogP contribution >= 0.6 is 11.6 Å². The van der Waals surface area contributed by atoms with Crippen molar-refractivity contribution in [2.75, 3.05) is 12.4 Å². The Labute approximate surface area is 112 Å². The summed E-state index contributed by atoms with van der Waals surface area (Å²) in [6.45, 7) is 3.22. The average Bonchev–Trinajstić information content (AvgIpc) is 2.31. The maximum Gasteiger partial charge on any atom is 0.242 e. The van der Waals surface area contributed by atoms with Gasteiger partial charge in [-0.2, -0.15) is 0 Å². The Morgan fingerprint density at radius 2 is 2.00 bits per heavy atom. The lowest BCUT2D eigenvalue weighted by atomic mass is 10.2. The quantitative estimate of drug-likeness (QED) is 0.825. The molecule has 0 saturated carbocycles. The van der Waals surface area contributed by atoms with Crippen molar-refractivity contribution in [2.45, 2.75) is 24.1 Å². The lowest BCUT2D eigenvalue weighted by molar-refractivity contribution is -0.115. The predicted molar refractivity (Wildman–Crippen MR) is 71.4 cm³/mol. The molecule has 0 radical (unpaired) electrons. The lowest BCUT2D eigenvalue weighted by Gasteiger charge is -2.11. The highest BCUT2D eigenvalue weighted by Gasteiger charge is 2.16. The van der Waals surface area contributed by atoms with E-state index in [4.69, 9.17) is 11.6 Å². The molecule has 100 valence electrons. The van der Waals surface area contributed by atoms with Crippen molar-refractivity contribution in [2.24, 2.45) is 0 Å². The number of carbonyl (C=O) groups excluding carboxylic acids is 1. The molecule has 1 aromatic rings. The van der Waals surface area contributed by atoms with Crippen LogP contribution in [0, 0.1) is 6.92 Å². The van der Waals surface area contributed by atoms with Gasteiger partial charge in [-0.05, 0) is 38.6 Å². The fraction of sp³-hybridized carbons (Fsp3) is 0.364. The van der Waals surface area contributed by atoms with Crippen LogP contribution in [0.1, 0.15) is 12.5 Å². The molecule has 0 bridgehead atoms. The molecule has 1 aromatic carbocycles. The summed E-state index contributed by atoms with van der Waals surface area (Å²) in [4.78, 5) is 11.5. The van der Waals surface area contributed by atoms with Crippen molar-refractivity contribution in [1.29, 1.82) is 0 Å². The molecule has 1 amide bonds. The number of carbonyl (C=O) groups is 1. The van der Waals surface area contributed by atoms with Crippen molar-refractivity contribution in [3.05, 3.63) is 23.8 Å². The maximum absolute atomic E-state index is 11.7. The highest BCUT2D eigenvalue weighted by atomic mass is 35.5. The van der Waals surface area contributed by atoms with Crippen molar-refractivity contribution in [1.82, 2.24) is 4.72 Å². The van der Waals surface area contributed by atoms with Crippen LogP contribution in [0.15, 0.2) is 23.1 Å². The molecule has 5 nitrogen and oxygen atoms in total. The number of halogens is 1. The second kappa shape index (κ2) is 5.69. The molecule has 0 spiro atoms. The van der Waals surface area contributed by atoms with Crippen LogP contribution in [0.2, 0.25) is 0 Å².